The Morgan fingerprint density at radius 2 is 1.87 bits per heavy atom. The summed E-state index contributed by atoms with van der Waals surface area (Å²) in [6.07, 6.45) is 4.87. The van der Waals surface area contributed by atoms with Gasteiger partial charge in [0.1, 0.15) is 17.3 Å². The predicted molar refractivity (Wildman–Crippen MR) is 114 cm³/mol. The van der Waals surface area contributed by atoms with Crippen LogP contribution in [0.1, 0.15) is 11.3 Å². The Hall–Kier alpha value is -4.46. The molecule has 2 heterocycles. The molecule has 8 nitrogen and oxygen atoms in total. The van der Waals surface area contributed by atoms with Crippen molar-refractivity contribution in [3.63, 3.8) is 0 Å². The van der Waals surface area contributed by atoms with E-state index in [-0.39, 0.29) is 17.3 Å². The molecule has 2 aromatic carbocycles. The highest BCUT2D eigenvalue weighted by Gasteiger charge is 2.22. The van der Waals surface area contributed by atoms with Crippen LogP contribution in [0.5, 0.6) is 5.75 Å². The average Bonchev–Trinajstić information content (AvgIpc) is 3.39. The number of esters is 1. The van der Waals surface area contributed by atoms with E-state index in [1.54, 1.807) is 30.4 Å². The summed E-state index contributed by atoms with van der Waals surface area (Å²) < 4.78 is 16.2. The van der Waals surface area contributed by atoms with Gasteiger partial charge in [0.05, 0.1) is 23.7 Å². The van der Waals surface area contributed by atoms with Gasteiger partial charge < -0.3 is 13.9 Å². The fraction of sp³-hybridized carbons (Fsp3) is 0.0435. The van der Waals surface area contributed by atoms with Crippen LogP contribution in [0.4, 0.5) is 5.69 Å². The second kappa shape index (κ2) is 8.50. The third-order valence-electron chi connectivity index (χ3n) is 4.42. The molecule has 154 valence electrons. The molecular formula is C23H16N2O6. The average molecular weight is 416 g/mol. The van der Waals surface area contributed by atoms with Gasteiger partial charge in [-0.3, -0.25) is 10.1 Å². The van der Waals surface area contributed by atoms with Crippen LogP contribution in [0.2, 0.25) is 0 Å². The summed E-state index contributed by atoms with van der Waals surface area (Å²) in [4.78, 5) is 26.8. The van der Waals surface area contributed by atoms with Crippen molar-refractivity contribution in [1.82, 2.24) is 0 Å². The first-order chi connectivity index (χ1) is 15.0. The number of carbonyl (C=O) groups is 1. The second-order valence-electron chi connectivity index (χ2n) is 6.46. The Labute approximate surface area is 176 Å². The zero-order chi connectivity index (χ0) is 21.8. The van der Waals surface area contributed by atoms with Gasteiger partial charge >= 0.3 is 5.97 Å². The lowest BCUT2D eigenvalue weighted by Crippen LogP contribution is -2.00. The molecule has 0 bridgehead atoms. The van der Waals surface area contributed by atoms with E-state index in [0.29, 0.717) is 22.8 Å². The number of furan rings is 1. The Kier molecular flexibility index (Phi) is 5.44. The molecule has 3 aromatic rings. The highest BCUT2D eigenvalue weighted by Crippen LogP contribution is 2.34. The molecule has 0 fully saturated rings. The highest BCUT2D eigenvalue weighted by molar-refractivity contribution is 6.11. The summed E-state index contributed by atoms with van der Waals surface area (Å²) in [5.41, 5.74) is 1.51. The number of hydrogen-bond acceptors (Lipinski definition) is 7. The molecule has 1 aliphatic rings. The number of carbonyl (C=O) groups excluding carboxylic acids is 1. The van der Waals surface area contributed by atoms with E-state index in [9.17, 15) is 14.9 Å². The molecule has 1 aliphatic heterocycles. The smallest absolute Gasteiger partial charge is 0.363 e. The number of ether oxygens (including phenoxy) is 2. The van der Waals surface area contributed by atoms with Crippen LogP contribution in [0.25, 0.3) is 23.5 Å². The number of nitro groups is 1. The maximum atomic E-state index is 12.1. The lowest BCUT2D eigenvalue weighted by molar-refractivity contribution is -0.384. The van der Waals surface area contributed by atoms with Crippen LogP contribution >= 0.6 is 0 Å². The lowest BCUT2D eigenvalue weighted by atomic mass is 10.1. The molecule has 0 saturated heterocycles. The van der Waals surface area contributed by atoms with Gasteiger partial charge in [-0.15, -0.1) is 0 Å². The van der Waals surface area contributed by atoms with Crippen molar-refractivity contribution in [3.05, 3.63) is 93.9 Å². The van der Waals surface area contributed by atoms with Gasteiger partial charge in [0, 0.05) is 18.2 Å². The topological polar surface area (TPSA) is 104 Å². The normalized spacial score (nSPS) is 14.7. The van der Waals surface area contributed by atoms with E-state index in [0.717, 1.165) is 5.56 Å². The van der Waals surface area contributed by atoms with Crippen molar-refractivity contribution >= 4 is 29.7 Å². The third kappa shape index (κ3) is 4.43. The van der Waals surface area contributed by atoms with Gasteiger partial charge in [0.2, 0.25) is 5.90 Å². The number of rotatable bonds is 6. The van der Waals surface area contributed by atoms with Crippen LogP contribution in [-0.2, 0) is 9.53 Å². The van der Waals surface area contributed by atoms with Crippen LogP contribution in [0.3, 0.4) is 0 Å². The number of methoxy groups -OCH3 is 1. The number of cyclic esters (lactones) is 1. The molecule has 1 aromatic heterocycles. The summed E-state index contributed by atoms with van der Waals surface area (Å²) in [7, 11) is 1.42. The van der Waals surface area contributed by atoms with Crippen molar-refractivity contribution in [3.8, 4) is 17.1 Å². The first-order valence-corrected chi connectivity index (χ1v) is 9.22. The zero-order valence-corrected chi connectivity index (χ0v) is 16.3. The summed E-state index contributed by atoms with van der Waals surface area (Å²) in [6.45, 7) is 0. The highest BCUT2D eigenvalue weighted by atomic mass is 16.6. The van der Waals surface area contributed by atoms with Crippen LogP contribution in [-0.4, -0.2) is 23.9 Å². The predicted octanol–water partition coefficient (Wildman–Crippen LogP) is 4.87. The molecule has 0 atom stereocenters. The van der Waals surface area contributed by atoms with Crippen molar-refractivity contribution in [2.24, 2.45) is 4.99 Å². The SMILES string of the molecule is COc1cc([N+](=O)[O-])ccc1-c1ccc(/C=C2N=C(/C=C/c3ccccc3)OC/2=O)o1. The summed E-state index contributed by atoms with van der Waals surface area (Å²) in [6, 6.07) is 17.1. The molecule has 0 saturated carbocycles. The minimum absolute atomic E-state index is 0.0892. The number of benzene rings is 2. The van der Waals surface area contributed by atoms with E-state index < -0.39 is 10.9 Å². The van der Waals surface area contributed by atoms with Crippen molar-refractivity contribution < 1.29 is 23.6 Å². The van der Waals surface area contributed by atoms with Gasteiger partial charge in [-0.25, -0.2) is 9.79 Å². The van der Waals surface area contributed by atoms with Crippen LogP contribution < -0.4 is 4.74 Å². The van der Waals surface area contributed by atoms with E-state index >= 15 is 0 Å². The van der Waals surface area contributed by atoms with E-state index in [4.69, 9.17) is 13.9 Å². The van der Waals surface area contributed by atoms with Gasteiger partial charge in [-0.1, -0.05) is 30.3 Å². The molecule has 31 heavy (non-hydrogen) atoms. The van der Waals surface area contributed by atoms with Gasteiger partial charge in [0.25, 0.3) is 5.69 Å². The van der Waals surface area contributed by atoms with Crippen molar-refractivity contribution in [2.75, 3.05) is 7.11 Å². The molecule has 0 unspecified atom stereocenters. The first-order valence-electron chi connectivity index (χ1n) is 9.22. The van der Waals surface area contributed by atoms with Gasteiger partial charge in [-0.05, 0) is 29.8 Å². The molecular weight excluding hydrogens is 400 g/mol. The lowest BCUT2D eigenvalue weighted by Gasteiger charge is -2.05. The maximum Gasteiger partial charge on any atom is 0.363 e. The Morgan fingerprint density at radius 3 is 2.61 bits per heavy atom. The minimum Gasteiger partial charge on any atom is -0.496 e. The fourth-order valence-electron chi connectivity index (χ4n) is 2.94. The summed E-state index contributed by atoms with van der Waals surface area (Å²) in [5.74, 6) is 0.703. The maximum absolute atomic E-state index is 12.1. The standard InChI is InChI=1S/C23H16N2O6/c1-29-21-13-16(25(27)28)8-10-18(21)20-11-9-17(30-20)14-19-23(26)31-22(24-19)12-7-15-5-3-2-4-6-15/h2-14H,1H3/b12-7+,19-14+. The van der Waals surface area contributed by atoms with E-state index in [1.807, 2.05) is 30.3 Å². The number of non-ortho nitro benzene ring substituents is 1. The number of hydrogen-bond donors (Lipinski definition) is 0. The Bertz CT molecular complexity index is 1240. The monoisotopic (exact) mass is 416 g/mol. The molecule has 8 heteroatoms. The Balaban J connectivity index is 1.57. The van der Waals surface area contributed by atoms with Crippen molar-refractivity contribution in [2.45, 2.75) is 0 Å². The van der Waals surface area contributed by atoms with E-state index in [2.05, 4.69) is 4.99 Å². The Morgan fingerprint density at radius 1 is 1.06 bits per heavy atom. The van der Waals surface area contributed by atoms with Crippen molar-refractivity contribution in [1.29, 1.82) is 0 Å². The molecule has 0 amide bonds. The molecule has 0 radical (unpaired) electrons. The third-order valence-corrected chi connectivity index (χ3v) is 4.42. The quantitative estimate of drug-likeness (QED) is 0.246. The largest absolute Gasteiger partial charge is 0.496 e. The first kappa shape index (κ1) is 19.8. The zero-order valence-electron chi connectivity index (χ0n) is 16.3. The minimum atomic E-state index is -0.585. The van der Waals surface area contributed by atoms with Gasteiger partial charge in [-0.2, -0.15) is 0 Å². The number of nitrogens with zero attached hydrogens (tertiary/aromatic N) is 2. The summed E-state index contributed by atoms with van der Waals surface area (Å²) in [5, 5.41) is 11.0. The summed E-state index contributed by atoms with van der Waals surface area (Å²) >= 11 is 0. The van der Waals surface area contributed by atoms with Gasteiger partial charge in [0.15, 0.2) is 5.70 Å². The molecule has 0 spiro atoms. The van der Waals surface area contributed by atoms with Crippen LogP contribution in [0, 0.1) is 10.1 Å². The number of nitro benzene ring substituents is 1. The fourth-order valence-corrected chi connectivity index (χ4v) is 2.94. The second-order valence-corrected chi connectivity index (χ2v) is 6.46. The van der Waals surface area contributed by atoms with E-state index in [1.165, 1.54) is 25.3 Å². The molecule has 0 aliphatic carbocycles. The molecule has 0 N–H and O–H groups in total. The molecule has 4 rings (SSSR count). The van der Waals surface area contributed by atoms with Crippen LogP contribution in [0.15, 0.2) is 81.8 Å². The number of aliphatic imine (C=N–C) groups is 1.